The Labute approximate surface area is 158 Å². The second-order valence-electron chi connectivity index (χ2n) is 5.99. The highest BCUT2D eigenvalue weighted by molar-refractivity contribution is 5.94. The van der Waals surface area contributed by atoms with Crippen LogP contribution < -0.4 is 15.4 Å². The number of benzene rings is 2. The van der Waals surface area contributed by atoms with E-state index in [1.54, 1.807) is 7.11 Å². The van der Waals surface area contributed by atoms with E-state index in [2.05, 4.69) is 20.6 Å². The van der Waals surface area contributed by atoms with E-state index >= 15 is 0 Å². The number of nitrogens with zero attached hydrogens (tertiary/aromatic N) is 2. The van der Waals surface area contributed by atoms with Crippen LogP contribution in [0.25, 0.3) is 0 Å². The Balaban J connectivity index is 1.65. The molecule has 1 amide bonds. The highest BCUT2D eigenvalue weighted by atomic mass is 16.5. The van der Waals surface area contributed by atoms with Gasteiger partial charge in [-0.3, -0.25) is 4.79 Å². The lowest BCUT2D eigenvalue weighted by atomic mass is 10.0. The second-order valence-corrected chi connectivity index (χ2v) is 5.99. The van der Waals surface area contributed by atoms with Gasteiger partial charge in [0.1, 0.15) is 5.75 Å². The van der Waals surface area contributed by atoms with Crippen LogP contribution in [0, 0.1) is 0 Å². The number of methoxy groups -OCH3 is 1. The van der Waals surface area contributed by atoms with E-state index in [4.69, 9.17) is 4.74 Å². The van der Waals surface area contributed by atoms with Crippen LogP contribution >= 0.6 is 0 Å². The monoisotopic (exact) mass is 362 g/mol. The number of hydrogen-bond acceptors (Lipinski definition) is 5. The van der Waals surface area contributed by atoms with Crippen molar-refractivity contribution in [1.82, 2.24) is 15.3 Å². The van der Waals surface area contributed by atoms with Gasteiger partial charge >= 0.3 is 0 Å². The van der Waals surface area contributed by atoms with Crippen molar-refractivity contribution in [3.63, 3.8) is 0 Å². The Morgan fingerprint density at radius 1 is 1.04 bits per heavy atom. The Morgan fingerprint density at radius 3 is 2.30 bits per heavy atom. The summed E-state index contributed by atoms with van der Waals surface area (Å²) >= 11 is 0. The number of aromatic nitrogens is 2. The van der Waals surface area contributed by atoms with E-state index in [0.717, 1.165) is 23.4 Å². The number of anilines is 2. The van der Waals surface area contributed by atoms with Crippen LogP contribution in [0.5, 0.6) is 5.75 Å². The first kappa shape index (κ1) is 18.4. The first-order chi connectivity index (χ1) is 13.2. The van der Waals surface area contributed by atoms with Crippen LogP contribution in [0.2, 0.25) is 0 Å². The van der Waals surface area contributed by atoms with E-state index in [-0.39, 0.29) is 11.9 Å². The predicted octanol–water partition coefficient (Wildman–Crippen LogP) is 4.11. The van der Waals surface area contributed by atoms with Crippen molar-refractivity contribution in [2.45, 2.75) is 19.4 Å². The molecule has 6 nitrogen and oxygen atoms in total. The van der Waals surface area contributed by atoms with Crippen molar-refractivity contribution in [3.05, 3.63) is 78.1 Å². The number of rotatable bonds is 7. The summed E-state index contributed by atoms with van der Waals surface area (Å²) in [5.74, 6) is 1.03. The highest BCUT2D eigenvalue weighted by Gasteiger charge is 2.15. The number of para-hydroxylation sites is 1. The second kappa shape index (κ2) is 8.80. The number of nitrogens with one attached hydrogen (secondary N) is 2. The summed E-state index contributed by atoms with van der Waals surface area (Å²) in [6.07, 6.45) is 3.81. The summed E-state index contributed by atoms with van der Waals surface area (Å²) in [6.45, 7) is 2.03. The van der Waals surface area contributed by atoms with Gasteiger partial charge in [0.2, 0.25) is 5.95 Å². The third-order valence-electron chi connectivity index (χ3n) is 4.18. The first-order valence-corrected chi connectivity index (χ1v) is 8.78. The van der Waals surface area contributed by atoms with Crippen molar-refractivity contribution in [2.75, 3.05) is 12.4 Å². The van der Waals surface area contributed by atoms with Crippen molar-refractivity contribution >= 4 is 17.5 Å². The van der Waals surface area contributed by atoms with Gasteiger partial charge in [0.15, 0.2) is 0 Å². The highest BCUT2D eigenvalue weighted by Crippen LogP contribution is 2.20. The molecule has 0 saturated heterocycles. The fourth-order valence-electron chi connectivity index (χ4n) is 2.66. The molecule has 0 aliphatic carbocycles. The number of carbonyl (C=O) groups excluding carboxylic acids is 1. The Hall–Kier alpha value is -3.41. The normalized spacial score (nSPS) is 11.5. The summed E-state index contributed by atoms with van der Waals surface area (Å²) in [5.41, 5.74) is 2.33. The molecule has 138 valence electrons. The van der Waals surface area contributed by atoms with Crippen LogP contribution in [0.3, 0.4) is 0 Å². The molecule has 0 saturated carbocycles. The number of hydrogen-bond donors (Lipinski definition) is 2. The van der Waals surface area contributed by atoms with Gasteiger partial charge in [0.25, 0.3) is 5.91 Å². The minimum absolute atomic E-state index is 0.0921. The maximum Gasteiger partial charge on any atom is 0.254 e. The molecule has 2 aromatic carbocycles. The quantitative estimate of drug-likeness (QED) is 0.661. The molecule has 2 N–H and O–H groups in total. The van der Waals surface area contributed by atoms with Gasteiger partial charge in [-0.05, 0) is 36.2 Å². The van der Waals surface area contributed by atoms with Crippen molar-refractivity contribution < 1.29 is 9.53 Å². The molecule has 0 fully saturated rings. The van der Waals surface area contributed by atoms with Crippen molar-refractivity contribution in [3.8, 4) is 5.75 Å². The molecule has 0 radical (unpaired) electrons. The average molecular weight is 362 g/mol. The molecule has 0 bridgehead atoms. The lowest BCUT2D eigenvalue weighted by Gasteiger charge is -2.17. The summed E-state index contributed by atoms with van der Waals surface area (Å²) in [5, 5.41) is 6.12. The molecule has 1 atom stereocenters. The Kier molecular flexibility index (Phi) is 5.99. The molecule has 1 unspecified atom stereocenters. The molecule has 6 heteroatoms. The maximum atomic E-state index is 12.5. The van der Waals surface area contributed by atoms with E-state index in [1.807, 2.05) is 61.5 Å². The third kappa shape index (κ3) is 4.82. The topological polar surface area (TPSA) is 76.1 Å². The standard InChI is InChI=1S/C21H22N4O2/c1-3-19(15-9-11-18(27-2)12-10-15)25-20(26)16-13-22-21(23-14-16)24-17-7-5-4-6-8-17/h4-14,19H,3H2,1-2H3,(H,25,26)(H,22,23,24). The SMILES string of the molecule is CCC(NC(=O)c1cnc(Nc2ccccc2)nc1)c1ccc(OC)cc1. The summed E-state index contributed by atoms with van der Waals surface area (Å²) in [7, 11) is 1.63. The smallest absolute Gasteiger partial charge is 0.254 e. The van der Waals surface area contributed by atoms with Gasteiger partial charge in [-0.1, -0.05) is 37.3 Å². The lowest BCUT2D eigenvalue weighted by Crippen LogP contribution is -2.28. The lowest BCUT2D eigenvalue weighted by molar-refractivity contribution is 0.0935. The van der Waals surface area contributed by atoms with Crippen molar-refractivity contribution in [2.24, 2.45) is 0 Å². The van der Waals surface area contributed by atoms with Gasteiger partial charge in [0, 0.05) is 18.1 Å². The minimum atomic E-state index is -0.205. The molecule has 0 aliphatic rings. The van der Waals surface area contributed by atoms with Gasteiger partial charge in [0.05, 0.1) is 18.7 Å². The first-order valence-electron chi connectivity index (χ1n) is 8.78. The summed E-state index contributed by atoms with van der Waals surface area (Å²) in [4.78, 5) is 21.0. The van der Waals surface area contributed by atoms with Crippen LogP contribution in [0.15, 0.2) is 67.0 Å². The average Bonchev–Trinajstić information content (AvgIpc) is 2.73. The van der Waals surface area contributed by atoms with Crippen LogP contribution in [0.4, 0.5) is 11.6 Å². The molecule has 27 heavy (non-hydrogen) atoms. The minimum Gasteiger partial charge on any atom is -0.497 e. The van der Waals surface area contributed by atoms with E-state index in [0.29, 0.717) is 11.5 Å². The van der Waals surface area contributed by atoms with E-state index < -0.39 is 0 Å². The van der Waals surface area contributed by atoms with Crippen molar-refractivity contribution in [1.29, 1.82) is 0 Å². The van der Waals surface area contributed by atoms with E-state index in [1.165, 1.54) is 12.4 Å². The Bertz CT molecular complexity index is 865. The Morgan fingerprint density at radius 2 is 1.70 bits per heavy atom. The largest absolute Gasteiger partial charge is 0.497 e. The zero-order valence-electron chi connectivity index (χ0n) is 15.3. The molecule has 3 aromatic rings. The molecule has 3 rings (SSSR count). The van der Waals surface area contributed by atoms with E-state index in [9.17, 15) is 4.79 Å². The predicted molar refractivity (Wildman–Crippen MR) is 105 cm³/mol. The van der Waals surface area contributed by atoms with Gasteiger partial charge in [-0.2, -0.15) is 0 Å². The maximum absolute atomic E-state index is 12.5. The molecule has 1 aromatic heterocycles. The molecular formula is C21H22N4O2. The molecular weight excluding hydrogens is 340 g/mol. The number of ether oxygens (including phenoxy) is 1. The number of amides is 1. The van der Waals surface area contributed by atoms with Gasteiger partial charge < -0.3 is 15.4 Å². The molecule has 1 heterocycles. The fraction of sp³-hybridized carbons (Fsp3) is 0.190. The van der Waals surface area contributed by atoms with Gasteiger partial charge in [-0.15, -0.1) is 0 Å². The summed E-state index contributed by atoms with van der Waals surface area (Å²) < 4.78 is 5.18. The van der Waals surface area contributed by atoms with Crippen LogP contribution in [-0.2, 0) is 0 Å². The fourth-order valence-corrected chi connectivity index (χ4v) is 2.66. The third-order valence-corrected chi connectivity index (χ3v) is 4.18. The molecule has 0 spiro atoms. The zero-order chi connectivity index (χ0) is 19.1. The zero-order valence-corrected chi connectivity index (χ0v) is 15.3. The molecule has 0 aliphatic heterocycles. The van der Waals surface area contributed by atoms with Crippen LogP contribution in [-0.4, -0.2) is 23.0 Å². The van der Waals surface area contributed by atoms with Crippen LogP contribution in [0.1, 0.15) is 35.3 Å². The summed E-state index contributed by atoms with van der Waals surface area (Å²) in [6, 6.07) is 17.2. The van der Waals surface area contributed by atoms with Gasteiger partial charge in [-0.25, -0.2) is 9.97 Å². The number of carbonyl (C=O) groups is 1.